The van der Waals surface area contributed by atoms with Gasteiger partial charge in [-0.3, -0.25) is 4.79 Å². The van der Waals surface area contributed by atoms with Crippen LogP contribution in [0.5, 0.6) is 0 Å². The van der Waals surface area contributed by atoms with E-state index in [9.17, 15) is 4.79 Å². The van der Waals surface area contributed by atoms with Crippen molar-refractivity contribution in [3.8, 4) is 0 Å². The number of carbonyl (C=O) groups is 1. The van der Waals surface area contributed by atoms with Crippen LogP contribution in [0, 0.1) is 0 Å². The minimum absolute atomic E-state index is 0.00915. The van der Waals surface area contributed by atoms with Gasteiger partial charge in [-0.25, -0.2) is 4.98 Å². The zero-order valence-electron chi connectivity index (χ0n) is 11.9. The molecule has 108 valence electrons. The van der Waals surface area contributed by atoms with Crippen molar-refractivity contribution >= 4 is 28.9 Å². The van der Waals surface area contributed by atoms with Gasteiger partial charge in [0.15, 0.2) is 0 Å². The van der Waals surface area contributed by atoms with Gasteiger partial charge in [-0.05, 0) is 30.9 Å². The number of thiocarbonyl (C=S) groups is 1. The minimum atomic E-state index is 0.00915. The average Bonchev–Trinajstić information content (AvgIpc) is 2.89. The molecular formula is C14H20N4OS. The van der Waals surface area contributed by atoms with Crippen LogP contribution in [0.2, 0.25) is 0 Å². The fourth-order valence-corrected chi connectivity index (χ4v) is 2.58. The highest BCUT2D eigenvalue weighted by molar-refractivity contribution is 7.80. The second kappa shape index (κ2) is 6.17. The summed E-state index contributed by atoms with van der Waals surface area (Å²) in [5, 5.41) is 2.61. The molecule has 3 N–H and O–H groups in total. The van der Waals surface area contributed by atoms with Crippen molar-refractivity contribution in [3.05, 3.63) is 22.9 Å². The molecule has 0 saturated heterocycles. The number of aromatic nitrogens is 1. The maximum absolute atomic E-state index is 11.3. The minimum Gasteiger partial charge on any atom is -0.389 e. The van der Waals surface area contributed by atoms with Crippen LogP contribution < -0.4 is 16.0 Å². The van der Waals surface area contributed by atoms with E-state index in [4.69, 9.17) is 22.9 Å². The third-order valence-electron chi connectivity index (χ3n) is 3.61. The number of anilines is 1. The van der Waals surface area contributed by atoms with E-state index in [1.165, 1.54) is 5.56 Å². The number of hydrogen-bond acceptors (Lipinski definition) is 4. The van der Waals surface area contributed by atoms with E-state index < -0.39 is 0 Å². The van der Waals surface area contributed by atoms with Crippen molar-refractivity contribution in [3.63, 3.8) is 0 Å². The van der Waals surface area contributed by atoms with Crippen molar-refractivity contribution in [2.75, 3.05) is 25.5 Å². The Morgan fingerprint density at radius 2 is 2.30 bits per heavy atom. The smallest absolute Gasteiger partial charge is 0.221 e. The highest BCUT2D eigenvalue weighted by Crippen LogP contribution is 2.27. The lowest BCUT2D eigenvalue weighted by Gasteiger charge is -2.21. The van der Waals surface area contributed by atoms with Gasteiger partial charge in [0, 0.05) is 32.8 Å². The summed E-state index contributed by atoms with van der Waals surface area (Å²) in [4.78, 5) is 18.4. The second-order valence-electron chi connectivity index (χ2n) is 5.03. The molecular weight excluding hydrogens is 272 g/mol. The van der Waals surface area contributed by atoms with Crippen molar-refractivity contribution in [1.82, 2.24) is 10.3 Å². The predicted octanol–water partition coefficient (Wildman–Crippen LogP) is 0.777. The van der Waals surface area contributed by atoms with Gasteiger partial charge < -0.3 is 16.0 Å². The molecule has 1 heterocycles. The first-order valence-electron chi connectivity index (χ1n) is 6.77. The number of nitrogens with zero attached hydrogens (tertiary/aromatic N) is 2. The van der Waals surface area contributed by atoms with Crippen LogP contribution >= 0.6 is 12.2 Å². The van der Waals surface area contributed by atoms with E-state index in [1.807, 2.05) is 11.9 Å². The average molecular weight is 292 g/mol. The maximum atomic E-state index is 11.3. The predicted molar refractivity (Wildman–Crippen MR) is 84.1 cm³/mol. The Morgan fingerprint density at radius 3 is 2.95 bits per heavy atom. The van der Waals surface area contributed by atoms with Crippen LogP contribution in [-0.2, 0) is 17.6 Å². The van der Waals surface area contributed by atoms with E-state index in [-0.39, 0.29) is 5.91 Å². The van der Waals surface area contributed by atoms with E-state index in [2.05, 4.69) is 11.4 Å². The topological polar surface area (TPSA) is 71.2 Å². The summed E-state index contributed by atoms with van der Waals surface area (Å²) in [6, 6.07) is 2.06. The molecule has 1 aliphatic rings. The normalized spacial score (nSPS) is 12.9. The summed E-state index contributed by atoms with van der Waals surface area (Å²) in [6.45, 7) is 0.584. The van der Waals surface area contributed by atoms with Gasteiger partial charge in [0.05, 0.1) is 5.56 Å². The van der Waals surface area contributed by atoms with E-state index in [1.54, 1.807) is 7.05 Å². The molecule has 0 saturated carbocycles. The van der Waals surface area contributed by atoms with Crippen LogP contribution in [0.3, 0.4) is 0 Å². The first-order chi connectivity index (χ1) is 9.52. The number of nitrogens with one attached hydrogen (secondary N) is 1. The summed E-state index contributed by atoms with van der Waals surface area (Å²) in [6.07, 6.45) is 3.59. The third-order valence-corrected chi connectivity index (χ3v) is 3.83. The molecule has 0 aliphatic heterocycles. The standard InChI is InChI=1S/C14H20N4OS/c1-16-12(19)6-7-18(2)14-10(13(15)20)8-9-4-3-5-11(9)17-14/h8H,3-7H2,1-2H3,(H2,15,20)(H,16,19). The van der Waals surface area contributed by atoms with Crippen LogP contribution in [-0.4, -0.2) is 36.5 Å². The van der Waals surface area contributed by atoms with Crippen molar-refractivity contribution in [2.45, 2.75) is 25.7 Å². The Bertz CT molecular complexity index is 544. The van der Waals surface area contributed by atoms with Gasteiger partial charge in [0.25, 0.3) is 0 Å². The number of aryl methyl sites for hydroxylation is 2. The fraction of sp³-hybridized carbons (Fsp3) is 0.500. The summed E-state index contributed by atoms with van der Waals surface area (Å²) in [5.74, 6) is 0.789. The Balaban J connectivity index is 2.25. The number of amides is 1. The lowest BCUT2D eigenvalue weighted by Crippen LogP contribution is -2.29. The monoisotopic (exact) mass is 292 g/mol. The van der Waals surface area contributed by atoms with Crippen molar-refractivity contribution in [1.29, 1.82) is 0 Å². The van der Waals surface area contributed by atoms with Gasteiger partial charge in [0.2, 0.25) is 5.91 Å². The quantitative estimate of drug-likeness (QED) is 0.785. The lowest BCUT2D eigenvalue weighted by molar-refractivity contribution is -0.120. The van der Waals surface area contributed by atoms with Crippen molar-refractivity contribution in [2.24, 2.45) is 5.73 Å². The van der Waals surface area contributed by atoms with E-state index in [0.29, 0.717) is 18.0 Å². The van der Waals surface area contributed by atoms with Gasteiger partial charge in [-0.2, -0.15) is 0 Å². The molecule has 5 nitrogen and oxygen atoms in total. The van der Waals surface area contributed by atoms with Gasteiger partial charge in [-0.1, -0.05) is 12.2 Å². The molecule has 2 rings (SSSR count). The maximum Gasteiger partial charge on any atom is 0.221 e. The summed E-state index contributed by atoms with van der Waals surface area (Å²) in [5.41, 5.74) is 9.00. The van der Waals surface area contributed by atoms with Gasteiger partial charge in [-0.15, -0.1) is 0 Å². The molecule has 0 unspecified atom stereocenters. The zero-order valence-corrected chi connectivity index (χ0v) is 12.7. The van der Waals surface area contributed by atoms with Crippen LogP contribution in [0.25, 0.3) is 0 Å². The molecule has 1 aromatic rings. The van der Waals surface area contributed by atoms with Crippen LogP contribution in [0.15, 0.2) is 6.07 Å². The first kappa shape index (κ1) is 14.7. The fourth-order valence-electron chi connectivity index (χ4n) is 2.43. The first-order valence-corrected chi connectivity index (χ1v) is 7.18. The van der Waals surface area contributed by atoms with Gasteiger partial charge in [0.1, 0.15) is 10.8 Å². The Kier molecular flexibility index (Phi) is 4.54. The molecule has 1 aliphatic carbocycles. The molecule has 20 heavy (non-hydrogen) atoms. The number of fused-ring (bicyclic) bond motifs is 1. The Hall–Kier alpha value is -1.69. The molecule has 0 aromatic carbocycles. The number of pyridine rings is 1. The number of rotatable bonds is 5. The second-order valence-corrected chi connectivity index (χ2v) is 5.47. The summed E-state index contributed by atoms with van der Waals surface area (Å²) >= 11 is 5.13. The SMILES string of the molecule is CNC(=O)CCN(C)c1nc2c(cc1C(N)=S)CCC2. The highest BCUT2D eigenvalue weighted by atomic mass is 32.1. The Morgan fingerprint density at radius 1 is 1.55 bits per heavy atom. The molecule has 0 spiro atoms. The molecule has 0 bridgehead atoms. The number of carbonyl (C=O) groups excluding carboxylic acids is 1. The van der Waals surface area contributed by atoms with Crippen LogP contribution in [0.1, 0.15) is 29.7 Å². The molecule has 0 atom stereocenters. The zero-order chi connectivity index (χ0) is 14.7. The third kappa shape index (κ3) is 3.07. The lowest BCUT2D eigenvalue weighted by atomic mass is 10.1. The summed E-state index contributed by atoms with van der Waals surface area (Å²) < 4.78 is 0. The largest absolute Gasteiger partial charge is 0.389 e. The van der Waals surface area contributed by atoms with E-state index >= 15 is 0 Å². The van der Waals surface area contributed by atoms with E-state index in [0.717, 1.165) is 36.3 Å². The van der Waals surface area contributed by atoms with Crippen LogP contribution in [0.4, 0.5) is 5.82 Å². The highest BCUT2D eigenvalue weighted by Gasteiger charge is 2.19. The summed E-state index contributed by atoms with van der Waals surface area (Å²) in [7, 11) is 3.55. The number of nitrogens with two attached hydrogens (primary N) is 1. The molecule has 0 fully saturated rings. The Labute approximate surface area is 124 Å². The van der Waals surface area contributed by atoms with Crippen molar-refractivity contribution < 1.29 is 4.79 Å². The molecule has 1 amide bonds. The van der Waals surface area contributed by atoms with Gasteiger partial charge >= 0.3 is 0 Å². The number of hydrogen-bond donors (Lipinski definition) is 2. The molecule has 6 heteroatoms. The molecule has 0 radical (unpaired) electrons. The molecule has 1 aromatic heterocycles.